The monoisotopic (exact) mass is 275 g/mol. The second-order valence-corrected chi connectivity index (χ2v) is 5.72. The van der Waals surface area contributed by atoms with Crippen molar-refractivity contribution in [3.05, 3.63) is 41.7 Å². The fraction of sp³-hybridized carbons (Fsp3) is 0.429. The maximum Gasteiger partial charge on any atom is 0.205 e. The second kappa shape index (κ2) is 4.90. The van der Waals surface area contributed by atoms with E-state index in [0.717, 1.165) is 24.0 Å². The molecule has 3 rings (SSSR count). The number of hydrogen-bond acceptors (Lipinski definition) is 5. The van der Waals surface area contributed by atoms with E-state index in [0.29, 0.717) is 6.61 Å². The third-order valence-electron chi connectivity index (χ3n) is 3.45. The molecule has 0 saturated carbocycles. The van der Waals surface area contributed by atoms with Crippen molar-refractivity contribution in [2.24, 2.45) is 0 Å². The highest BCUT2D eigenvalue weighted by atomic mass is 32.1. The van der Waals surface area contributed by atoms with Gasteiger partial charge >= 0.3 is 0 Å². The van der Waals surface area contributed by atoms with Crippen LogP contribution in [0.15, 0.2) is 30.3 Å². The van der Waals surface area contributed by atoms with Gasteiger partial charge in [-0.1, -0.05) is 30.3 Å². The molecular formula is C14H17N3OS. The first kappa shape index (κ1) is 12.6. The van der Waals surface area contributed by atoms with Crippen LogP contribution in [-0.2, 0) is 10.3 Å². The highest BCUT2D eigenvalue weighted by Crippen LogP contribution is 2.32. The molecule has 19 heavy (non-hydrogen) atoms. The Labute approximate surface area is 117 Å². The van der Waals surface area contributed by atoms with Crippen LogP contribution >= 0.6 is 11.5 Å². The molecule has 2 heterocycles. The first-order valence-electron chi connectivity index (χ1n) is 6.42. The Morgan fingerprint density at radius 2 is 2.11 bits per heavy atom. The summed E-state index contributed by atoms with van der Waals surface area (Å²) in [5, 5.41) is 0.989. The van der Waals surface area contributed by atoms with Crippen LogP contribution in [0.5, 0.6) is 0 Å². The molecule has 1 saturated heterocycles. The van der Waals surface area contributed by atoms with Crippen LogP contribution in [0.4, 0.5) is 5.13 Å². The highest BCUT2D eigenvalue weighted by Gasteiger charge is 2.34. The molecule has 0 radical (unpaired) electrons. The summed E-state index contributed by atoms with van der Waals surface area (Å²) < 4.78 is 10.3. The molecule has 1 fully saturated rings. The van der Waals surface area contributed by atoms with E-state index >= 15 is 0 Å². The van der Waals surface area contributed by atoms with Crippen LogP contribution in [0, 0.1) is 6.92 Å². The average molecular weight is 275 g/mol. The molecule has 1 aliphatic heterocycles. The number of hydrogen-bond donors (Lipinski definition) is 0. The Bertz CT molecular complexity index is 557. The SMILES string of the molecule is Cc1nsc(N2CCOC(C)(c3ccccc3)C2)n1. The van der Waals surface area contributed by atoms with Gasteiger partial charge in [0.15, 0.2) is 0 Å². The summed E-state index contributed by atoms with van der Waals surface area (Å²) in [6.07, 6.45) is 0. The van der Waals surface area contributed by atoms with Gasteiger partial charge in [-0.2, -0.15) is 4.37 Å². The van der Waals surface area contributed by atoms with Crippen LogP contribution < -0.4 is 4.90 Å². The van der Waals surface area contributed by atoms with Crippen molar-refractivity contribution in [1.82, 2.24) is 9.36 Å². The van der Waals surface area contributed by atoms with Crippen molar-refractivity contribution >= 4 is 16.7 Å². The van der Waals surface area contributed by atoms with Gasteiger partial charge in [-0.25, -0.2) is 4.98 Å². The third-order valence-corrected chi connectivity index (χ3v) is 4.31. The van der Waals surface area contributed by atoms with Crippen molar-refractivity contribution < 1.29 is 4.74 Å². The Kier molecular flexibility index (Phi) is 3.24. The van der Waals surface area contributed by atoms with E-state index in [9.17, 15) is 0 Å². The number of aryl methyl sites for hydroxylation is 1. The number of rotatable bonds is 2. The molecule has 5 heteroatoms. The van der Waals surface area contributed by atoms with Gasteiger partial charge in [-0.3, -0.25) is 0 Å². The van der Waals surface area contributed by atoms with Gasteiger partial charge < -0.3 is 9.64 Å². The van der Waals surface area contributed by atoms with E-state index in [-0.39, 0.29) is 5.60 Å². The lowest BCUT2D eigenvalue weighted by Gasteiger charge is -2.40. The van der Waals surface area contributed by atoms with Crippen LogP contribution in [0.25, 0.3) is 0 Å². The number of ether oxygens (including phenoxy) is 1. The Morgan fingerprint density at radius 1 is 1.32 bits per heavy atom. The summed E-state index contributed by atoms with van der Waals surface area (Å²) in [7, 11) is 0. The number of anilines is 1. The van der Waals surface area contributed by atoms with Crippen molar-refractivity contribution in [3.63, 3.8) is 0 Å². The van der Waals surface area contributed by atoms with Gasteiger partial charge in [0.2, 0.25) is 5.13 Å². The van der Waals surface area contributed by atoms with Gasteiger partial charge in [0.05, 0.1) is 13.2 Å². The Balaban J connectivity index is 1.85. The summed E-state index contributed by atoms with van der Waals surface area (Å²) in [5.41, 5.74) is 0.931. The minimum Gasteiger partial charge on any atom is -0.367 e. The summed E-state index contributed by atoms with van der Waals surface area (Å²) in [6, 6.07) is 10.4. The smallest absolute Gasteiger partial charge is 0.205 e. The van der Waals surface area contributed by atoms with Crippen molar-refractivity contribution in [3.8, 4) is 0 Å². The van der Waals surface area contributed by atoms with Gasteiger partial charge in [-0.05, 0) is 19.4 Å². The maximum atomic E-state index is 6.02. The largest absolute Gasteiger partial charge is 0.367 e. The van der Waals surface area contributed by atoms with E-state index < -0.39 is 0 Å². The molecule has 1 atom stereocenters. The normalized spacial score (nSPS) is 23.6. The first-order valence-corrected chi connectivity index (χ1v) is 7.19. The van der Waals surface area contributed by atoms with E-state index in [1.165, 1.54) is 17.1 Å². The second-order valence-electron chi connectivity index (χ2n) is 4.99. The number of morpholine rings is 1. The zero-order valence-electron chi connectivity index (χ0n) is 11.2. The summed E-state index contributed by atoms with van der Waals surface area (Å²) >= 11 is 1.46. The fourth-order valence-corrected chi connectivity index (χ4v) is 3.11. The lowest BCUT2D eigenvalue weighted by molar-refractivity contribution is -0.0466. The average Bonchev–Trinajstić information content (AvgIpc) is 2.87. The minimum absolute atomic E-state index is 0.279. The molecule has 2 aromatic rings. The topological polar surface area (TPSA) is 38.2 Å². The van der Waals surface area contributed by atoms with E-state index in [1.807, 2.05) is 13.0 Å². The van der Waals surface area contributed by atoms with Crippen LogP contribution in [0.2, 0.25) is 0 Å². The highest BCUT2D eigenvalue weighted by molar-refractivity contribution is 7.09. The number of aromatic nitrogens is 2. The van der Waals surface area contributed by atoms with E-state index in [2.05, 4.69) is 45.4 Å². The van der Waals surface area contributed by atoms with Gasteiger partial charge in [-0.15, -0.1) is 0 Å². The molecule has 0 amide bonds. The van der Waals surface area contributed by atoms with Crippen molar-refractivity contribution in [1.29, 1.82) is 0 Å². The molecule has 1 aliphatic rings. The summed E-state index contributed by atoms with van der Waals surface area (Å²) in [5.74, 6) is 0.841. The predicted molar refractivity (Wildman–Crippen MR) is 76.6 cm³/mol. The zero-order valence-corrected chi connectivity index (χ0v) is 12.0. The third kappa shape index (κ3) is 2.48. The molecule has 0 aliphatic carbocycles. The molecule has 0 spiro atoms. The molecule has 0 bridgehead atoms. The van der Waals surface area contributed by atoms with Crippen LogP contribution in [-0.4, -0.2) is 29.1 Å². The molecule has 100 valence electrons. The van der Waals surface area contributed by atoms with E-state index in [1.54, 1.807) is 0 Å². The van der Waals surface area contributed by atoms with Gasteiger partial charge in [0.25, 0.3) is 0 Å². The predicted octanol–water partition coefficient (Wildman–Crippen LogP) is 2.60. The Hall–Kier alpha value is -1.46. The lowest BCUT2D eigenvalue weighted by Crippen LogP contribution is -2.48. The van der Waals surface area contributed by atoms with Crippen LogP contribution in [0.1, 0.15) is 18.3 Å². The quantitative estimate of drug-likeness (QED) is 0.844. The molecule has 0 N–H and O–H groups in total. The fourth-order valence-electron chi connectivity index (χ4n) is 2.41. The molecule has 1 aromatic heterocycles. The van der Waals surface area contributed by atoms with Crippen LogP contribution in [0.3, 0.4) is 0 Å². The Morgan fingerprint density at radius 3 is 2.79 bits per heavy atom. The van der Waals surface area contributed by atoms with Crippen molar-refractivity contribution in [2.75, 3.05) is 24.6 Å². The maximum absolute atomic E-state index is 6.02. The molecule has 1 aromatic carbocycles. The first-order chi connectivity index (χ1) is 9.17. The molecule has 4 nitrogen and oxygen atoms in total. The summed E-state index contributed by atoms with van der Waals surface area (Å²) in [6.45, 7) is 6.46. The summed E-state index contributed by atoms with van der Waals surface area (Å²) in [4.78, 5) is 6.74. The lowest BCUT2D eigenvalue weighted by atomic mass is 9.94. The number of nitrogens with zero attached hydrogens (tertiary/aromatic N) is 3. The molecule has 1 unspecified atom stereocenters. The minimum atomic E-state index is -0.279. The standard InChI is InChI=1S/C14H17N3OS/c1-11-15-13(19-16-11)17-8-9-18-14(2,10-17)12-6-4-3-5-7-12/h3-7H,8-10H2,1-2H3. The molecular weight excluding hydrogens is 258 g/mol. The van der Waals surface area contributed by atoms with Gasteiger partial charge in [0, 0.05) is 18.1 Å². The van der Waals surface area contributed by atoms with E-state index in [4.69, 9.17) is 4.74 Å². The zero-order chi connectivity index (χ0) is 13.3. The number of benzene rings is 1. The van der Waals surface area contributed by atoms with Gasteiger partial charge in [0.1, 0.15) is 11.4 Å². The van der Waals surface area contributed by atoms with Crippen molar-refractivity contribution in [2.45, 2.75) is 19.4 Å².